The number of hydrogen-bond acceptors (Lipinski definition) is 6. The van der Waals surface area contributed by atoms with Gasteiger partial charge in [0.2, 0.25) is 0 Å². The number of hydrogen-bond donors (Lipinski definition) is 2. The summed E-state index contributed by atoms with van der Waals surface area (Å²) in [6.45, 7) is -1.45. The number of alkyl halides is 2. The molecule has 0 saturated carbocycles. The Morgan fingerprint density at radius 1 is 1.24 bits per heavy atom. The number of para-hydroxylation sites is 2. The van der Waals surface area contributed by atoms with Gasteiger partial charge in [-0.15, -0.1) is 0 Å². The van der Waals surface area contributed by atoms with E-state index in [9.17, 15) is 8.78 Å². The van der Waals surface area contributed by atoms with Gasteiger partial charge in [-0.1, -0.05) is 12.1 Å². The highest BCUT2D eigenvalue weighted by atomic mass is 19.3. The largest absolute Gasteiger partial charge is 0.433 e. The van der Waals surface area contributed by atoms with Crippen LogP contribution in [0, 0.1) is 0 Å². The van der Waals surface area contributed by atoms with Crippen molar-refractivity contribution in [3.63, 3.8) is 0 Å². The summed E-state index contributed by atoms with van der Waals surface area (Å²) in [6, 6.07) is 6.97. The van der Waals surface area contributed by atoms with Gasteiger partial charge in [0.1, 0.15) is 17.6 Å². The molecule has 0 radical (unpaired) electrons. The summed E-state index contributed by atoms with van der Waals surface area (Å²) >= 11 is 0. The summed E-state index contributed by atoms with van der Waals surface area (Å²) in [5, 5.41) is 3.38. The molecule has 0 spiro atoms. The topological polar surface area (TPSA) is 79.0 Å². The second-order valence-corrected chi connectivity index (χ2v) is 5.75. The molecular formula is C16H16F2N6O. The van der Waals surface area contributed by atoms with E-state index in [0.717, 1.165) is 18.5 Å². The molecule has 3 aromatic rings. The lowest BCUT2D eigenvalue weighted by Crippen LogP contribution is -2.27. The van der Waals surface area contributed by atoms with E-state index in [-0.39, 0.29) is 11.8 Å². The fourth-order valence-electron chi connectivity index (χ4n) is 3.08. The van der Waals surface area contributed by atoms with Crippen molar-refractivity contribution in [1.29, 1.82) is 0 Å². The molecule has 7 nitrogen and oxygen atoms in total. The first kappa shape index (κ1) is 15.6. The molecule has 9 heteroatoms. The second kappa shape index (κ2) is 6.50. The van der Waals surface area contributed by atoms with Gasteiger partial charge in [0, 0.05) is 19.1 Å². The van der Waals surface area contributed by atoms with E-state index in [0.29, 0.717) is 23.7 Å². The molecule has 3 heterocycles. The molecule has 2 N–H and O–H groups in total. The molecule has 1 aromatic carbocycles. The Labute approximate surface area is 142 Å². The predicted molar refractivity (Wildman–Crippen MR) is 89.0 cm³/mol. The van der Waals surface area contributed by atoms with Gasteiger partial charge in [0.05, 0.1) is 12.0 Å². The number of nitrogens with zero attached hydrogens (tertiary/aromatic N) is 4. The monoisotopic (exact) mass is 346 g/mol. The molecule has 25 heavy (non-hydrogen) atoms. The van der Waals surface area contributed by atoms with Crippen molar-refractivity contribution in [2.24, 2.45) is 0 Å². The van der Waals surface area contributed by atoms with Gasteiger partial charge >= 0.3 is 6.61 Å². The normalized spacial score (nSPS) is 17.4. The van der Waals surface area contributed by atoms with E-state index in [1.807, 2.05) is 11.0 Å². The van der Waals surface area contributed by atoms with Crippen molar-refractivity contribution in [2.45, 2.75) is 19.1 Å². The van der Waals surface area contributed by atoms with Gasteiger partial charge < -0.3 is 19.9 Å². The van der Waals surface area contributed by atoms with E-state index < -0.39 is 6.61 Å². The van der Waals surface area contributed by atoms with Crippen LogP contribution in [0.2, 0.25) is 0 Å². The van der Waals surface area contributed by atoms with Crippen LogP contribution >= 0.6 is 0 Å². The number of nitrogens with one attached hydrogen (secondary N) is 2. The van der Waals surface area contributed by atoms with Crippen LogP contribution in [0.3, 0.4) is 0 Å². The maximum absolute atomic E-state index is 12.6. The Hall–Kier alpha value is -2.97. The fraction of sp³-hybridized carbons (Fsp3) is 0.312. The van der Waals surface area contributed by atoms with Crippen LogP contribution in [0.15, 0.2) is 36.9 Å². The minimum Gasteiger partial charge on any atom is -0.433 e. The van der Waals surface area contributed by atoms with Gasteiger partial charge in [-0.2, -0.15) is 8.78 Å². The van der Waals surface area contributed by atoms with Crippen LogP contribution in [0.1, 0.15) is 6.42 Å². The number of ether oxygens (including phenoxy) is 1. The molecule has 1 aliphatic rings. The molecule has 0 amide bonds. The SMILES string of the molecule is FC(F)Oc1ccccc1N1CC[C@@H](Nc2ncnc3nc[nH]c23)C1. The van der Waals surface area contributed by atoms with Gasteiger partial charge in [0.15, 0.2) is 11.5 Å². The minimum absolute atomic E-state index is 0.126. The van der Waals surface area contributed by atoms with Crippen LogP contribution in [0.5, 0.6) is 5.75 Å². The first-order valence-electron chi connectivity index (χ1n) is 7.90. The lowest BCUT2D eigenvalue weighted by atomic mass is 10.2. The molecule has 1 aliphatic heterocycles. The Morgan fingerprint density at radius 3 is 3.00 bits per heavy atom. The maximum atomic E-state index is 12.6. The van der Waals surface area contributed by atoms with E-state index in [4.69, 9.17) is 0 Å². The number of fused-ring (bicyclic) bond motifs is 1. The zero-order valence-electron chi connectivity index (χ0n) is 13.2. The van der Waals surface area contributed by atoms with Gasteiger partial charge in [-0.3, -0.25) is 0 Å². The Kier molecular flexibility index (Phi) is 4.04. The predicted octanol–water partition coefficient (Wildman–Crippen LogP) is 2.65. The van der Waals surface area contributed by atoms with Crippen molar-refractivity contribution in [3.05, 3.63) is 36.9 Å². The minimum atomic E-state index is -2.84. The van der Waals surface area contributed by atoms with Crippen LogP contribution in [-0.4, -0.2) is 45.7 Å². The zero-order chi connectivity index (χ0) is 17.2. The molecular weight excluding hydrogens is 330 g/mol. The first-order chi connectivity index (χ1) is 12.2. The molecule has 0 aliphatic carbocycles. The van der Waals surface area contributed by atoms with Gasteiger partial charge in [0.25, 0.3) is 0 Å². The number of imidazole rings is 1. The van der Waals surface area contributed by atoms with Crippen molar-refractivity contribution >= 4 is 22.7 Å². The maximum Gasteiger partial charge on any atom is 0.387 e. The van der Waals surface area contributed by atoms with Crippen LogP contribution in [0.25, 0.3) is 11.2 Å². The third-order valence-electron chi connectivity index (χ3n) is 4.17. The fourth-order valence-corrected chi connectivity index (χ4v) is 3.08. The van der Waals surface area contributed by atoms with Gasteiger partial charge in [-0.25, -0.2) is 15.0 Å². The highest BCUT2D eigenvalue weighted by Crippen LogP contribution is 2.32. The molecule has 1 atom stereocenters. The molecule has 0 bridgehead atoms. The lowest BCUT2D eigenvalue weighted by Gasteiger charge is -2.22. The molecule has 4 rings (SSSR count). The molecule has 130 valence electrons. The Balaban J connectivity index is 1.50. The van der Waals surface area contributed by atoms with Gasteiger partial charge in [-0.05, 0) is 18.6 Å². The van der Waals surface area contributed by atoms with E-state index in [1.165, 1.54) is 6.33 Å². The van der Waals surface area contributed by atoms with Crippen LogP contribution < -0.4 is 15.0 Å². The molecule has 0 unspecified atom stereocenters. The molecule has 2 aromatic heterocycles. The average Bonchev–Trinajstić information content (AvgIpc) is 3.24. The summed E-state index contributed by atoms with van der Waals surface area (Å²) in [6.07, 6.45) is 3.88. The number of halogens is 2. The third-order valence-corrected chi connectivity index (χ3v) is 4.17. The summed E-state index contributed by atoms with van der Waals surface area (Å²) < 4.78 is 29.8. The highest BCUT2D eigenvalue weighted by molar-refractivity contribution is 5.82. The number of H-pyrrole nitrogens is 1. The van der Waals surface area contributed by atoms with Crippen LogP contribution in [-0.2, 0) is 0 Å². The number of benzene rings is 1. The Morgan fingerprint density at radius 2 is 2.12 bits per heavy atom. The van der Waals surface area contributed by atoms with Crippen LogP contribution in [0.4, 0.5) is 20.3 Å². The summed E-state index contributed by atoms with van der Waals surface area (Å²) in [7, 11) is 0. The zero-order valence-corrected chi connectivity index (χ0v) is 13.2. The van der Waals surface area contributed by atoms with Crippen molar-refractivity contribution in [3.8, 4) is 5.75 Å². The van der Waals surface area contributed by atoms with E-state index in [2.05, 4.69) is 30.0 Å². The number of rotatable bonds is 5. The first-order valence-corrected chi connectivity index (χ1v) is 7.90. The summed E-state index contributed by atoms with van der Waals surface area (Å²) in [4.78, 5) is 17.5. The van der Waals surface area contributed by atoms with Crippen molar-refractivity contribution in [1.82, 2.24) is 19.9 Å². The summed E-state index contributed by atoms with van der Waals surface area (Å²) in [5.41, 5.74) is 2.02. The number of aromatic amines is 1. The average molecular weight is 346 g/mol. The quantitative estimate of drug-likeness (QED) is 0.739. The second-order valence-electron chi connectivity index (χ2n) is 5.75. The van der Waals surface area contributed by atoms with E-state index >= 15 is 0 Å². The lowest BCUT2D eigenvalue weighted by molar-refractivity contribution is -0.0495. The standard InChI is InChI=1S/C16H16F2N6O/c17-16(18)25-12-4-2-1-3-11(12)24-6-5-10(7-24)23-15-13-14(20-8-19-13)21-9-22-15/h1-4,8-10,16H,5-7H2,(H2,19,20,21,22,23)/t10-/m1/s1. The molecule has 1 fully saturated rings. The van der Waals surface area contributed by atoms with Crippen molar-refractivity contribution in [2.75, 3.05) is 23.3 Å². The smallest absolute Gasteiger partial charge is 0.387 e. The van der Waals surface area contributed by atoms with Crippen molar-refractivity contribution < 1.29 is 13.5 Å². The number of anilines is 2. The third kappa shape index (κ3) is 3.17. The Bertz CT molecular complexity index is 870. The highest BCUT2D eigenvalue weighted by Gasteiger charge is 2.26. The summed E-state index contributed by atoms with van der Waals surface area (Å²) in [5.74, 6) is 0.877. The molecule has 1 saturated heterocycles. The number of aromatic nitrogens is 4. The van der Waals surface area contributed by atoms with E-state index in [1.54, 1.807) is 24.5 Å².